The van der Waals surface area contributed by atoms with Crippen molar-refractivity contribution >= 4 is 11.3 Å². The number of hydrogen-bond acceptors (Lipinski definition) is 4. The van der Waals surface area contributed by atoms with Crippen LogP contribution in [0.1, 0.15) is 31.6 Å². The number of nitrogens with one attached hydrogen (secondary N) is 1. The first-order valence-corrected chi connectivity index (χ1v) is 5.99. The summed E-state index contributed by atoms with van der Waals surface area (Å²) in [7, 11) is 0. The maximum Gasteiger partial charge on any atom is 0.0794 e. The van der Waals surface area contributed by atoms with Gasteiger partial charge in [0.15, 0.2) is 0 Å². The maximum absolute atomic E-state index is 5.55. The molecule has 4 heteroatoms. The van der Waals surface area contributed by atoms with Crippen LogP contribution in [0.15, 0.2) is 11.7 Å². The zero-order valence-electron chi connectivity index (χ0n) is 8.86. The van der Waals surface area contributed by atoms with E-state index < -0.39 is 0 Å². The Morgan fingerprint density at radius 1 is 1.64 bits per heavy atom. The van der Waals surface area contributed by atoms with Crippen LogP contribution in [0, 0.1) is 5.92 Å². The highest BCUT2D eigenvalue weighted by atomic mass is 32.1. The average molecular weight is 213 g/mol. The largest absolute Gasteiger partial charge is 0.271 e. The summed E-state index contributed by atoms with van der Waals surface area (Å²) < 4.78 is 0. The van der Waals surface area contributed by atoms with Gasteiger partial charge in [-0.2, -0.15) is 0 Å². The van der Waals surface area contributed by atoms with Crippen molar-refractivity contribution in [3.63, 3.8) is 0 Å². The van der Waals surface area contributed by atoms with Gasteiger partial charge in [-0.1, -0.05) is 20.3 Å². The van der Waals surface area contributed by atoms with Gasteiger partial charge >= 0.3 is 0 Å². The van der Waals surface area contributed by atoms with E-state index in [9.17, 15) is 0 Å². The van der Waals surface area contributed by atoms with Crippen molar-refractivity contribution in [3.8, 4) is 0 Å². The first kappa shape index (κ1) is 11.6. The second kappa shape index (κ2) is 6.11. The molecular weight excluding hydrogens is 194 g/mol. The number of nitrogens with two attached hydrogens (primary N) is 1. The molecular formula is C10H19N3S. The van der Waals surface area contributed by atoms with Gasteiger partial charge in [-0.3, -0.25) is 16.3 Å². The van der Waals surface area contributed by atoms with E-state index in [-0.39, 0.29) is 0 Å². The molecule has 0 aliphatic carbocycles. The summed E-state index contributed by atoms with van der Waals surface area (Å²) in [6.45, 7) is 4.45. The molecule has 2 unspecified atom stereocenters. The Morgan fingerprint density at radius 2 is 2.43 bits per heavy atom. The Labute approximate surface area is 89.7 Å². The van der Waals surface area contributed by atoms with Crippen LogP contribution >= 0.6 is 11.3 Å². The summed E-state index contributed by atoms with van der Waals surface area (Å²) in [5.41, 5.74) is 4.77. The molecule has 0 amide bonds. The molecule has 0 spiro atoms. The highest BCUT2D eigenvalue weighted by molar-refractivity contribution is 7.09. The van der Waals surface area contributed by atoms with Gasteiger partial charge < -0.3 is 0 Å². The van der Waals surface area contributed by atoms with Gasteiger partial charge in [0.05, 0.1) is 5.51 Å². The van der Waals surface area contributed by atoms with E-state index >= 15 is 0 Å². The lowest BCUT2D eigenvalue weighted by atomic mass is 9.94. The molecule has 3 N–H and O–H groups in total. The zero-order valence-corrected chi connectivity index (χ0v) is 9.68. The molecule has 0 bridgehead atoms. The first-order chi connectivity index (χ1) is 6.77. The summed E-state index contributed by atoms with van der Waals surface area (Å²) in [5, 5.41) is 0. The van der Waals surface area contributed by atoms with Crippen LogP contribution in [0.3, 0.4) is 0 Å². The van der Waals surface area contributed by atoms with Crippen molar-refractivity contribution < 1.29 is 0 Å². The fourth-order valence-electron chi connectivity index (χ4n) is 1.64. The van der Waals surface area contributed by atoms with Crippen LogP contribution in [-0.4, -0.2) is 11.0 Å². The SMILES string of the molecule is CCCC(C)C(Cc1cncs1)NN. The summed E-state index contributed by atoms with van der Waals surface area (Å²) in [6.07, 6.45) is 5.34. The molecule has 14 heavy (non-hydrogen) atoms. The minimum absolute atomic E-state index is 0.371. The predicted molar refractivity (Wildman–Crippen MR) is 61.0 cm³/mol. The summed E-state index contributed by atoms with van der Waals surface area (Å²) in [5.74, 6) is 6.17. The van der Waals surface area contributed by atoms with E-state index in [1.807, 2.05) is 11.7 Å². The van der Waals surface area contributed by atoms with E-state index in [0.717, 1.165) is 6.42 Å². The van der Waals surface area contributed by atoms with E-state index in [2.05, 4.69) is 24.3 Å². The maximum atomic E-state index is 5.55. The number of hydrazine groups is 1. The number of hydrogen-bond donors (Lipinski definition) is 2. The molecule has 80 valence electrons. The lowest BCUT2D eigenvalue weighted by Gasteiger charge is -2.21. The van der Waals surface area contributed by atoms with E-state index in [1.54, 1.807) is 11.3 Å². The molecule has 0 aromatic carbocycles. The second-order valence-electron chi connectivity index (χ2n) is 3.71. The highest BCUT2D eigenvalue weighted by Crippen LogP contribution is 2.16. The van der Waals surface area contributed by atoms with Crippen LogP contribution in [-0.2, 0) is 6.42 Å². The fourth-order valence-corrected chi connectivity index (χ4v) is 2.30. The molecule has 1 aromatic heterocycles. The Morgan fingerprint density at radius 3 is 2.93 bits per heavy atom. The van der Waals surface area contributed by atoms with Crippen molar-refractivity contribution in [2.75, 3.05) is 0 Å². The van der Waals surface area contributed by atoms with Gasteiger partial charge in [0.25, 0.3) is 0 Å². The van der Waals surface area contributed by atoms with Crippen LogP contribution in [0.2, 0.25) is 0 Å². The van der Waals surface area contributed by atoms with Crippen molar-refractivity contribution in [2.45, 2.75) is 39.2 Å². The zero-order chi connectivity index (χ0) is 10.4. The van der Waals surface area contributed by atoms with E-state index in [0.29, 0.717) is 12.0 Å². The third-order valence-corrected chi connectivity index (χ3v) is 3.35. The molecule has 0 saturated heterocycles. The smallest absolute Gasteiger partial charge is 0.0794 e. The summed E-state index contributed by atoms with van der Waals surface area (Å²) in [6, 6.07) is 0.371. The third kappa shape index (κ3) is 3.36. The number of nitrogens with zero attached hydrogens (tertiary/aromatic N) is 1. The molecule has 1 heterocycles. The van der Waals surface area contributed by atoms with Crippen LogP contribution in [0.4, 0.5) is 0 Å². The molecule has 0 aliphatic heterocycles. The van der Waals surface area contributed by atoms with Crippen LogP contribution in [0.25, 0.3) is 0 Å². The van der Waals surface area contributed by atoms with E-state index in [4.69, 9.17) is 5.84 Å². The molecule has 0 radical (unpaired) electrons. The van der Waals surface area contributed by atoms with Gasteiger partial charge in [0.1, 0.15) is 0 Å². The average Bonchev–Trinajstić information content (AvgIpc) is 2.66. The highest BCUT2D eigenvalue weighted by Gasteiger charge is 2.15. The minimum atomic E-state index is 0.371. The number of thiazole rings is 1. The molecule has 0 saturated carbocycles. The van der Waals surface area contributed by atoms with Crippen LogP contribution in [0.5, 0.6) is 0 Å². The van der Waals surface area contributed by atoms with Gasteiger partial charge in [0, 0.05) is 23.5 Å². The molecule has 1 aromatic rings. The lowest BCUT2D eigenvalue weighted by Crippen LogP contribution is -2.41. The van der Waals surface area contributed by atoms with Crippen molar-refractivity contribution in [3.05, 3.63) is 16.6 Å². The number of rotatable bonds is 6. The standard InChI is InChI=1S/C10H19N3S/c1-3-4-8(2)10(13-11)5-9-6-12-7-14-9/h6-8,10,13H,3-5,11H2,1-2H3. The van der Waals surface area contributed by atoms with Gasteiger partial charge in [-0.25, -0.2) is 0 Å². The van der Waals surface area contributed by atoms with Crippen molar-refractivity contribution in [1.29, 1.82) is 0 Å². The Hall–Kier alpha value is -0.450. The van der Waals surface area contributed by atoms with E-state index in [1.165, 1.54) is 17.7 Å². The van der Waals surface area contributed by atoms with Gasteiger partial charge in [-0.15, -0.1) is 11.3 Å². The fraction of sp³-hybridized carbons (Fsp3) is 0.700. The lowest BCUT2D eigenvalue weighted by molar-refractivity contribution is 0.358. The Bertz CT molecular complexity index is 236. The molecule has 2 atom stereocenters. The minimum Gasteiger partial charge on any atom is -0.271 e. The van der Waals surface area contributed by atoms with Gasteiger partial charge in [0.2, 0.25) is 0 Å². The first-order valence-electron chi connectivity index (χ1n) is 5.11. The normalized spacial score (nSPS) is 15.4. The summed E-state index contributed by atoms with van der Waals surface area (Å²) in [4.78, 5) is 5.37. The third-order valence-electron chi connectivity index (χ3n) is 2.55. The molecule has 0 aliphatic rings. The second-order valence-corrected chi connectivity index (χ2v) is 4.68. The van der Waals surface area contributed by atoms with Crippen molar-refractivity contribution in [2.24, 2.45) is 11.8 Å². The molecule has 0 fully saturated rings. The Kier molecular flexibility index (Phi) is 5.07. The molecule has 3 nitrogen and oxygen atoms in total. The predicted octanol–water partition coefficient (Wildman–Crippen LogP) is 1.95. The quantitative estimate of drug-likeness (QED) is 0.561. The summed E-state index contributed by atoms with van der Waals surface area (Å²) >= 11 is 1.70. The van der Waals surface area contributed by atoms with Crippen molar-refractivity contribution in [1.82, 2.24) is 10.4 Å². The monoisotopic (exact) mass is 213 g/mol. The topological polar surface area (TPSA) is 50.9 Å². The Balaban J connectivity index is 2.46. The van der Waals surface area contributed by atoms with Gasteiger partial charge in [-0.05, 0) is 12.3 Å². The molecule has 1 rings (SSSR count). The number of aromatic nitrogens is 1. The van der Waals surface area contributed by atoms with Crippen LogP contribution < -0.4 is 11.3 Å².